The molecule has 0 amide bonds. The maximum absolute atomic E-state index is 8.92. The Morgan fingerprint density at radius 1 is 1.32 bits per heavy atom. The summed E-state index contributed by atoms with van der Waals surface area (Å²) >= 11 is 5.94. The normalized spacial score (nSPS) is 10.5. The van der Waals surface area contributed by atoms with Crippen molar-refractivity contribution < 1.29 is 0 Å². The molecule has 0 bridgehead atoms. The molecule has 1 aromatic carbocycles. The highest BCUT2D eigenvalue weighted by atomic mass is 35.5. The Morgan fingerprint density at radius 2 is 2.16 bits per heavy atom. The highest BCUT2D eigenvalue weighted by molar-refractivity contribution is 6.31. The number of anilines is 1. The first-order chi connectivity index (χ1) is 9.20. The summed E-state index contributed by atoms with van der Waals surface area (Å²) in [5.74, 6) is 0.310. The quantitative estimate of drug-likeness (QED) is 0.736. The summed E-state index contributed by atoms with van der Waals surface area (Å²) in [6.07, 6.45) is 3.10. The second kappa shape index (κ2) is 4.26. The van der Waals surface area contributed by atoms with Crippen LogP contribution in [-0.2, 0) is 0 Å². The molecule has 2 N–H and O–H groups in total. The molecule has 6 heteroatoms. The maximum Gasteiger partial charge on any atom is 0.145 e. The Kier molecular flexibility index (Phi) is 2.58. The number of nitrogens with zero attached hydrogens (tertiary/aromatic N) is 4. The second-order valence-electron chi connectivity index (χ2n) is 3.96. The molecule has 0 unspecified atom stereocenters. The second-order valence-corrected chi connectivity index (χ2v) is 4.40. The van der Waals surface area contributed by atoms with Crippen molar-refractivity contribution in [2.24, 2.45) is 0 Å². The predicted molar refractivity (Wildman–Crippen MR) is 73.0 cm³/mol. The lowest BCUT2D eigenvalue weighted by atomic mass is 10.2. The van der Waals surface area contributed by atoms with Crippen molar-refractivity contribution in [1.82, 2.24) is 14.8 Å². The van der Waals surface area contributed by atoms with E-state index >= 15 is 0 Å². The molecule has 0 aliphatic carbocycles. The highest BCUT2D eigenvalue weighted by Gasteiger charge is 2.11. The van der Waals surface area contributed by atoms with Gasteiger partial charge in [0.25, 0.3) is 0 Å². The molecule has 0 spiro atoms. The molecule has 0 atom stereocenters. The molecule has 0 fully saturated rings. The summed E-state index contributed by atoms with van der Waals surface area (Å²) < 4.78 is 1.52. The van der Waals surface area contributed by atoms with Gasteiger partial charge in [0, 0.05) is 16.6 Å². The molecule has 0 aliphatic heterocycles. The standard InChI is InChI=1S/C13H8ClN5/c14-9-1-2-10-11(5-9)17-4-3-12(10)19-13(16)8(6-15)7-18-19/h1-5,7H,16H2. The van der Waals surface area contributed by atoms with E-state index < -0.39 is 0 Å². The molecule has 5 nitrogen and oxygen atoms in total. The van der Waals surface area contributed by atoms with Crippen LogP contribution in [-0.4, -0.2) is 14.8 Å². The molecule has 2 aromatic heterocycles. The van der Waals surface area contributed by atoms with Crippen LogP contribution in [0.15, 0.2) is 36.7 Å². The SMILES string of the molecule is N#Cc1cnn(-c2ccnc3cc(Cl)ccc23)c1N. The van der Waals surface area contributed by atoms with E-state index in [0.29, 0.717) is 16.4 Å². The van der Waals surface area contributed by atoms with E-state index in [9.17, 15) is 0 Å². The molecular weight excluding hydrogens is 262 g/mol. The highest BCUT2D eigenvalue weighted by Crippen LogP contribution is 2.25. The summed E-state index contributed by atoms with van der Waals surface area (Å²) in [4.78, 5) is 4.25. The van der Waals surface area contributed by atoms with Crippen molar-refractivity contribution in [1.29, 1.82) is 5.26 Å². The first kappa shape index (κ1) is 11.5. The fraction of sp³-hybridized carbons (Fsp3) is 0. The van der Waals surface area contributed by atoms with Crippen molar-refractivity contribution >= 4 is 28.3 Å². The van der Waals surface area contributed by atoms with Crippen LogP contribution in [0.5, 0.6) is 0 Å². The lowest BCUT2D eigenvalue weighted by molar-refractivity contribution is 0.897. The molecule has 0 saturated carbocycles. The number of fused-ring (bicyclic) bond motifs is 1. The summed E-state index contributed by atoms with van der Waals surface area (Å²) in [5.41, 5.74) is 7.76. The summed E-state index contributed by atoms with van der Waals surface area (Å²) in [6, 6.07) is 9.19. The summed E-state index contributed by atoms with van der Waals surface area (Å²) in [5, 5.41) is 14.5. The lowest BCUT2D eigenvalue weighted by Crippen LogP contribution is -2.03. The number of halogens is 1. The Bertz CT molecular complexity index is 816. The largest absolute Gasteiger partial charge is 0.382 e. The monoisotopic (exact) mass is 269 g/mol. The number of nitriles is 1. The molecule has 3 aromatic rings. The van der Waals surface area contributed by atoms with Gasteiger partial charge in [0.1, 0.15) is 17.5 Å². The third-order valence-corrected chi connectivity index (χ3v) is 3.07. The molecule has 0 aliphatic rings. The number of aromatic nitrogens is 3. The zero-order chi connectivity index (χ0) is 13.4. The van der Waals surface area contributed by atoms with Crippen LogP contribution in [0.1, 0.15) is 5.56 Å². The Balaban J connectivity index is 2.31. The van der Waals surface area contributed by atoms with Crippen LogP contribution in [0.4, 0.5) is 5.82 Å². The first-order valence-corrected chi connectivity index (χ1v) is 5.87. The van der Waals surface area contributed by atoms with E-state index in [-0.39, 0.29) is 0 Å². The smallest absolute Gasteiger partial charge is 0.145 e. The summed E-state index contributed by atoms with van der Waals surface area (Å²) in [6.45, 7) is 0. The minimum absolute atomic E-state index is 0.310. The van der Waals surface area contributed by atoms with E-state index in [1.165, 1.54) is 10.9 Å². The van der Waals surface area contributed by atoms with E-state index in [2.05, 4.69) is 10.1 Å². The fourth-order valence-corrected chi connectivity index (χ4v) is 2.09. The van der Waals surface area contributed by atoms with Gasteiger partial charge in [0.05, 0.1) is 17.4 Å². The number of pyridine rings is 1. The van der Waals surface area contributed by atoms with Crippen molar-refractivity contribution in [3.63, 3.8) is 0 Å². The van der Waals surface area contributed by atoms with Crippen LogP contribution in [0, 0.1) is 11.3 Å². The van der Waals surface area contributed by atoms with Crippen molar-refractivity contribution in [3.05, 3.63) is 47.2 Å². The minimum Gasteiger partial charge on any atom is -0.382 e. The number of nitrogen functional groups attached to an aromatic ring is 1. The van der Waals surface area contributed by atoms with Crippen LogP contribution in [0.3, 0.4) is 0 Å². The first-order valence-electron chi connectivity index (χ1n) is 5.49. The van der Waals surface area contributed by atoms with Gasteiger partial charge in [-0.25, -0.2) is 4.68 Å². The molecule has 3 rings (SSSR count). The molecular formula is C13H8ClN5. The van der Waals surface area contributed by atoms with E-state index in [4.69, 9.17) is 22.6 Å². The van der Waals surface area contributed by atoms with Crippen LogP contribution in [0.2, 0.25) is 5.02 Å². The molecule has 19 heavy (non-hydrogen) atoms. The van der Waals surface area contributed by atoms with Gasteiger partial charge in [0.2, 0.25) is 0 Å². The van der Waals surface area contributed by atoms with Gasteiger partial charge < -0.3 is 5.73 Å². The van der Waals surface area contributed by atoms with Gasteiger partial charge in [0.15, 0.2) is 0 Å². The molecule has 0 saturated heterocycles. The zero-order valence-corrected chi connectivity index (χ0v) is 10.5. The number of hydrogen-bond acceptors (Lipinski definition) is 4. The molecule has 2 heterocycles. The third-order valence-electron chi connectivity index (χ3n) is 2.84. The number of nitrogens with two attached hydrogens (primary N) is 1. The number of rotatable bonds is 1. The van der Waals surface area contributed by atoms with Crippen molar-refractivity contribution in [2.45, 2.75) is 0 Å². The van der Waals surface area contributed by atoms with Gasteiger partial charge >= 0.3 is 0 Å². The average molecular weight is 270 g/mol. The van der Waals surface area contributed by atoms with Gasteiger partial charge in [-0.3, -0.25) is 4.98 Å². The van der Waals surface area contributed by atoms with Gasteiger partial charge in [-0.05, 0) is 24.3 Å². The maximum atomic E-state index is 8.92. The fourth-order valence-electron chi connectivity index (χ4n) is 1.93. The van der Waals surface area contributed by atoms with Gasteiger partial charge in [-0.2, -0.15) is 10.4 Å². The molecule has 0 radical (unpaired) electrons. The lowest BCUT2D eigenvalue weighted by Gasteiger charge is -2.07. The zero-order valence-electron chi connectivity index (χ0n) is 9.71. The Labute approximate surface area is 113 Å². The molecule has 92 valence electrons. The van der Waals surface area contributed by atoms with E-state index in [1.54, 1.807) is 24.4 Å². The van der Waals surface area contributed by atoms with Crippen LogP contribution in [0.25, 0.3) is 16.6 Å². The number of hydrogen-bond donors (Lipinski definition) is 1. The van der Waals surface area contributed by atoms with E-state index in [1.807, 2.05) is 12.1 Å². The van der Waals surface area contributed by atoms with E-state index in [0.717, 1.165) is 16.6 Å². The van der Waals surface area contributed by atoms with Crippen molar-refractivity contribution in [3.8, 4) is 11.8 Å². The minimum atomic E-state index is 0.310. The predicted octanol–water partition coefficient (Wildman–Crippen LogP) is 2.53. The van der Waals surface area contributed by atoms with Gasteiger partial charge in [-0.1, -0.05) is 11.6 Å². The summed E-state index contributed by atoms with van der Waals surface area (Å²) in [7, 11) is 0. The average Bonchev–Trinajstić information content (AvgIpc) is 2.78. The Morgan fingerprint density at radius 3 is 2.89 bits per heavy atom. The third kappa shape index (κ3) is 1.79. The van der Waals surface area contributed by atoms with Crippen LogP contribution < -0.4 is 5.73 Å². The number of benzene rings is 1. The van der Waals surface area contributed by atoms with Gasteiger partial charge in [-0.15, -0.1) is 0 Å². The van der Waals surface area contributed by atoms with Crippen molar-refractivity contribution in [2.75, 3.05) is 5.73 Å². The Hall–Kier alpha value is -2.58. The topological polar surface area (TPSA) is 80.5 Å². The van der Waals surface area contributed by atoms with Crippen LogP contribution >= 0.6 is 11.6 Å².